The molecule has 0 bridgehead atoms. The van der Waals surface area contributed by atoms with Crippen molar-refractivity contribution in [3.63, 3.8) is 0 Å². The third-order valence-corrected chi connectivity index (χ3v) is 6.15. The summed E-state index contributed by atoms with van der Waals surface area (Å²) in [4.78, 5) is 54.0. The van der Waals surface area contributed by atoms with Gasteiger partial charge in [-0.15, -0.1) is 0 Å². The van der Waals surface area contributed by atoms with E-state index in [4.69, 9.17) is 0 Å². The zero-order valence-corrected chi connectivity index (χ0v) is 18.7. The van der Waals surface area contributed by atoms with Crippen molar-refractivity contribution in [3.05, 3.63) is 30.3 Å². The second-order valence-electron chi connectivity index (χ2n) is 8.38. The molecule has 2 atom stereocenters. The molecule has 0 spiro atoms. The van der Waals surface area contributed by atoms with Gasteiger partial charge in [-0.1, -0.05) is 37.5 Å². The largest absolute Gasteiger partial charge is 0.467 e. The van der Waals surface area contributed by atoms with Gasteiger partial charge in [-0.05, 0) is 31.9 Å². The summed E-state index contributed by atoms with van der Waals surface area (Å²) in [6.07, 6.45) is 4.77. The van der Waals surface area contributed by atoms with Gasteiger partial charge in [0.25, 0.3) is 0 Å². The first-order valence-electron chi connectivity index (χ1n) is 11.2. The number of rotatable bonds is 5. The number of carbonyl (C=O) groups is 4. The zero-order chi connectivity index (χ0) is 23.1. The average Bonchev–Trinajstić information content (AvgIpc) is 2.83. The number of carbonyl (C=O) groups excluding carboxylic acids is 4. The Kier molecular flexibility index (Phi) is 8.08. The van der Waals surface area contributed by atoms with Crippen LogP contribution in [0.1, 0.15) is 39.0 Å². The maximum Gasteiger partial charge on any atom is 0.328 e. The van der Waals surface area contributed by atoms with Gasteiger partial charge in [0, 0.05) is 24.7 Å². The molecular weight excluding hydrogens is 412 g/mol. The second kappa shape index (κ2) is 11.0. The highest BCUT2D eigenvalue weighted by molar-refractivity contribution is 5.94. The Morgan fingerprint density at radius 2 is 1.72 bits per heavy atom. The first-order chi connectivity index (χ1) is 15.4. The normalized spacial score (nSPS) is 20.2. The summed E-state index contributed by atoms with van der Waals surface area (Å²) < 4.78 is 4.69. The van der Waals surface area contributed by atoms with Crippen molar-refractivity contribution in [2.24, 2.45) is 5.92 Å². The fourth-order valence-corrected chi connectivity index (χ4v) is 4.31. The van der Waals surface area contributed by atoms with E-state index in [2.05, 4.69) is 15.4 Å². The third kappa shape index (κ3) is 5.77. The van der Waals surface area contributed by atoms with Gasteiger partial charge in [0.1, 0.15) is 12.1 Å². The summed E-state index contributed by atoms with van der Waals surface area (Å²) in [5, 5.41) is 5.46. The first kappa shape index (κ1) is 23.6. The summed E-state index contributed by atoms with van der Waals surface area (Å²) in [5.74, 6) is -1.18. The molecule has 2 fully saturated rings. The number of para-hydroxylation sites is 1. The summed E-state index contributed by atoms with van der Waals surface area (Å²) >= 11 is 0. The molecule has 32 heavy (non-hydrogen) atoms. The van der Waals surface area contributed by atoms with Crippen LogP contribution >= 0.6 is 0 Å². The highest BCUT2D eigenvalue weighted by Gasteiger charge is 2.40. The molecule has 2 unspecified atom stereocenters. The summed E-state index contributed by atoms with van der Waals surface area (Å²) in [5.41, 5.74) is 0.651. The molecule has 3 rings (SSSR count). The number of hydrogen-bond donors (Lipinski definition) is 2. The minimum absolute atomic E-state index is 0.0429. The lowest BCUT2D eigenvalue weighted by Gasteiger charge is -2.42. The predicted molar refractivity (Wildman–Crippen MR) is 119 cm³/mol. The Labute approximate surface area is 188 Å². The van der Waals surface area contributed by atoms with E-state index in [0.717, 1.165) is 32.1 Å². The Balaban J connectivity index is 1.73. The van der Waals surface area contributed by atoms with E-state index < -0.39 is 24.0 Å². The van der Waals surface area contributed by atoms with Gasteiger partial charge < -0.3 is 25.2 Å². The number of benzene rings is 1. The first-order valence-corrected chi connectivity index (χ1v) is 11.2. The minimum Gasteiger partial charge on any atom is -0.467 e. The fourth-order valence-electron chi connectivity index (χ4n) is 4.31. The van der Waals surface area contributed by atoms with E-state index in [-0.39, 0.29) is 30.9 Å². The molecule has 1 aliphatic carbocycles. The van der Waals surface area contributed by atoms with Gasteiger partial charge >= 0.3 is 12.0 Å². The van der Waals surface area contributed by atoms with Crippen molar-refractivity contribution >= 4 is 29.5 Å². The molecule has 1 aromatic rings. The molecule has 174 valence electrons. The zero-order valence-electron chi connectivity index (χ0n) is 18.7. The second-order valence-corrected chi connectivity index (χ2v) is 8.38. The monoisotopic (exact) mass is 444 g/mol. The van der Waals surface area contributed by atoms with Crippen molar-refractivity contribution in [2.75, 3.05) is 32.1 Å². The van der Waals surface area contributed by atoms with Crippen LogP contribution in [0.5, 0.6) is 0 Å². The topological polar surface area (TPSA) is 108 Å². The van der Waals surface area contributed by atoms with Gasteiger partial charge in [-0.3, -0.25) is 9.59 Å². The van der Waals surface area contributed by atoms with Crippen LogP contribution in [0.4, 0.5) is 10.5 Å². The molecule has 1 heterocycles. The van der Waals surface area contributed by atoms with Crippen LogP contribution in [-0.4, -0.2) is 72.4 Å². The number of nitrogens with one attached hydrogen (secondary N) is 2. The number of urea groups is 1. The van der Waals surface area contributed by atoms with Crippen LogP contribution in [0, 0.1) is 5.92 Å². The molecule has 1 saturated carbocycles. The fraction of sp³-hybridized carbons (Fsp3) is 0.565. The lowest BCUT2D eigenvalue weighted by Crippen LogP contribution is -2.63. The van der Waals surface area contributed by atoms with E-state index in [1.165, 1.54) is 18.9 Å². The quantitative estimate of drug-likeness (QED) is 0.676. The SMILES string of the molecule is COC(=O)C(C)NC(=O)C1CN(C(=O)Nc2ccccc2)CCN1C(=O)C1CCCCC1. The Morgan fingerprint density at radius 1 is 1.03 bits per heavy atom. The number of anilines is 1. The molecule has 2 aliphatic rings. The molecule has 1 aromatic carbocycles. The van der Waals surface area contributed by atoms with E-state index in [1.54, 1.807) is 17.0 Å². The lowest BCUT2D eigenvalue weighted by atomic mass is 9.87. The molecule has 1 saturated heterocycles. The van der Waals surface area contributed by atoms with E-state index in [0.29, 0.717) is 12.2 Å². The third-order valence-electron chi connectivity index (χ3n) is 6.15. The van der Waals surface area contributed by atoms with Crippen molar-refractivity contribution in [1.82, 2.24) is 15.1 Å². The molecule has 9 heteroatoms. The maximum absolute atomic E-state index is 13.2. The molecule has 4 amide bonds. The number of esters is 1. The summed E-state index contributed by atoms with van der Waals surface area (Å²) in [6, 6.07) is 7.00. The minimum atomic E-state index is -0.869. The highest BCUT2D eigenvalue weighted by Crippen LogP contribution is 2.27. The summed E-state index contributed by atoms with van der Waals surface area (Å²) in [7, 11) is 1.25. The van der Waals surface area contributed by atoms with E-state index >= 15 is 0 Å². The van der Waals surface area contributed by atoms with Crippen LogP contribution in [0.2, 0.25) is 0 Å². The molecule has 9 nitrogen and oxygen atoms in total. The highest BCUT2D eigenvalue weighted by atomic mass is 16.5. The van der Waals surface area contributed by atoms with Crippen LogP contribution in [-0.2, 0) is 19.1 Å². The molecule has 2 N–H and O–H groups in total. The van der Waals surface area contributed by atoms with Gasteiger partial charge in [0.15, 0.2) is 0 Å². The number of piperazine rings is 1. The Morgan fingerprint density at radius 3 is 2.38 bits per heavy atom. The smallest absolute Gasteiger partial charge is 0.328 e. The van der Waals surface area contributed by atoms with Crippen molar-refractivity contribution in [1.29, 1.82) is 0 Å². The van der Waals surface area contributed by atoms with Crippen molar-refractivity contribution < 1.29 is 23.9 Å². The molecule has 0 aromatic heterocycles. The number of hydrogen-bond acceptors (Lipinski definition) is 5. The Hall–Kier alpha value is -3.10. The van der Waals surface area contributed by atoms with E-state index in [1.807, 2.05) is 18.2 Å². The van der Waals surface area contributed by atoms with Gasteiger partial charge in [-0.2, -0.15) is 0 Å². The number of ether oxygens (including phenoxy) is 1. The van der Waals surface area contributed by atoms with Gasteiger partial charge in [-0.25, -0.2) is 9.59 Å². The van der Waals surface area contributed by atoms with Gasteiger partial charge in [0.05, 0.1) is 13.7 Å². The average molecular weight is 445 g/mol. The van der Waals surface area contributed by atoms with Crippen LogP contribution < -0.4 is 10.6 Å². The van der Waals surface area contributed by atoms with Gasteiger partial charge in [0.2, 0.25) is 11.8 Å². The molecule has 0 radical (unpaired) electrons. The lowest BCUT2D eigenvalue weighted by molar-refractivity contribution is -0.149. The predicted octanol–water partition coefficient (Wildman–Crippen LogP) is 1.99. The van der Waals surface area contributed by atoms with E-state index in [9.17, 15) is 19.2 Å². The standard InChI is InChI=1S/C23H32N4O5/c1-16(22(30)32-2)24-20(28)19-15-26(23(31)25-18-11-7-4-8-12-18)13-14-27(19)21(29)17-9-5-3-6-10-17/h4,7-8,11-12,16-17,19H,3,5-6,9-10,13-15H2,1-2H3,(H,24,28)(H,25,31). The summed E-state index contributed by atoms with van der Waals surface area (Å²) in [6.45, 7) is 2.17. The maximum atomic E-state index is 13.2. The van der Waals surface area contributed by atoms with Crippen molar-refractivity contribution in [3.8, 4) is 0 Å². The molecular formula is C23H32N4O5. The Bertz CT molecular complexity index is 825. The number of amides is 4. The van der Waals surface area contributed by atoms with Crippen LogP contribution in [0.3, 0.4) is 0 Å². The van der Waals surface area contributed by atoms with Crippen LogP contribution in [0.15, 0.2) is 30.3 Å². The van der Waals surface area contributed by atoms with Crippen LogP contribution in [0.25, 0.3) is 0 Å². The van der Waals surface area contributed by atoms with Crippen molar-refractivity contribution in [2.45, 2.75) is 51.1 Å². The molecule has 1 aliphatic heterocycles. The number of nitrogens with zero attached hydrogens (tertiary/aromatic N) is 2. The number of methoxy groups -OCH3 is 1.